The summed E-state index contributed by atoms with van der Waals surface area (Å²) in [6, 6.07) is 0. The van der Waals surface area contributed by atoms with Gasteiger partial charge in [-0.1, -0.05) is 0 Å². The van der Waals surface area contributed by atoms with Gasteiger partial charge in [-0.3, -0.25) is 0 Å². The number of ether oxygens (including phenoxy) is 8. The summed E-state index contributed by atoms with van der Waals surface area (Å²) in [7, 11) is 1.21. The molecule has 4 fully saturated rings. The fourth-order valence-electron chi connectivity index (χ4n) is 5.89. The Bertz CT molecular complexity index is 900. The molecule has 19 atom stereocenters. The molecule has 4 saturated heterocycles. The molecule has 264 valence electrons. The molecule has 0 bridgehead atoms. The van der Waals surface area contributed by atoms with E-state index in [2.05, 4.69) is 0 Å². The molecule has 0 radical (unpaired) electrons. The first-order chi connectivity index (χ1) is 21.4. The van der Waals surface area contributed by atoms with Gasteiger partial charge in [-0.15, -0.1) is 0 Å². The van der Waals surface area contributed by atoms with Crippen molar-refractivity contribution in [3.63, 3.8) is 0 Å². The van der Waals surface area contributed by atoms with Gasteiger partial charge in [0.1, 0.15) is 79.4 Å². The van der Waals surface area contributed by atoms with Gasteiger partial charge in [0.05, 0.1) is 44.7 Å². The van der Waals surface area contributed by atoms with E-state index in [1.54, 1.807) is 0 Å². The summed E-state index contributed by atoms with van der Waals surface area (Å²) in [4.78, 5) is 0. The number of hydrogen-bond acceptors (Lipinski definition) is 19. The molecule has 0 aromatic carbocycles. The third-order valence-electron chi connectivity index (χ3n) is 8.58. The molecule has 0 aliphatic carbocycles. The van der Waals surface area contributed by atoms with Crippen molar-refractivity contribution < 1.29 is 94.1 Å². The van der Waals surface area contributed by atoms with Crippen LogP contribution < -0.4 is 0 Å². The van der Waals surface area contributed by atoms with E-state index in [-0.39, 0.29) is 13.0 Å². The highest BCUT2D eigenvalue weighted by Crippen LogP contribution is 2.33. The van der Waals surface area contributed by atoms with E-state index in [1.165, 1.54) is 14.0 Å². The molecule has 0 spiro atoms. The number of aliphatic hydroxyl groups is 11. The van der Waals surface area contributed by atoms with Gasteiger partial charge in [-0.2, -0.15) is 0 Å². The molecule has 11 N–H and O–H groups in total. The van der Waals surface area contributed by atoms with E-state index < -0.39 is 136 Å². The van der Waals surface area contributed by atoms with Crippen LogP contribution in [0.1, 0.15) is 13.3 Å². The number of hydrogen-bond donors (Lipinski definition) is 11. The summed E-state index contributed by atoms with van der Waals surface area (Å²) in [6.45, 7) is -0.788. The van der Waals surface area contributed by atoms with E-state index in [0.29, 0.717) is 0 Å². The van der Waals surface area contributed by atoms with Crippen molar-refractivity contribution in [2.75, 3.05) is 33.5 Å². The van der Waals surface area contributed by atoms with Gasteiger partial charge in [-0.25, -0.2) is 0 Å². The van der Waals surface area contributed by atoms with Crippen molar-refractivity contribution in [3.05, 3.63) is 0 Å². The van der Waals surface area contributed by atoms with Crippen LogP contribution in [0.5, 0.6) is 0 Å². The van der Waals surface area contributed by atoms with Crippen molar-refractivity contribution in [3.8, 4) is 0 Å². The van der Waals surface area contributed by atoms with E-state index in [9.17, 15) is 56.2 Å². The molecule has 4 aliphatic rings. The van der Waals surface area contributed by atoms with Crippen LogP contribution >= 0.6 is 0 Å². The lowest BCUT2D eigenvalue weighted by atomic mass is 9.96. The molecule has 0 saturated carbocycles. The van der Waals surface area contributed by atoms with Gasteiger partial charge in [0.15, 0.2) is 18.9 Å². The van der Waals surface area contributed by atoms with E-state index in [0.717, 1.165) is 0 Å². The Balaban J connectivity index is 1.42. The highest BCUT2D eigenvalue weighted by molar-refractivity contribution is 4.96. The molecule has 8 unspecified atom stereocenters. The van der Waals surface area contributed by atoms with Crippen LogP contribution in [-0.4, -0.2) is 206 Å². The molecule has 0 aromatic rings. The zero-order valence-electron chi connectivity index (χ0n) is 24.7. The molecule has 0 amide bonds. The van der Waals surface area contributed by atoms with E-state index in [4.69, 9.17) is 37.9 Å². The first kappa shape index (κ1) is 37.1. The van der Waals surface area contributed by atoms with Crippen LogP contribution in [0, 0.1) is 0 Å². The minimum absolute atomic E-state index is 0.0661. The average molecular weight is 663 g/mol. The molecule has 19 nitrogen and oxygen atoms in total. The predicted octanol–water partition coefficient (Wildman–Crippen LogP) is -7.00. The van der Waals surface area contributed by atoms with Crippen molar-refractivity contribution >= 4 is 0 Å². The summed E-state index contributed by atoms with van der Waals surface area (Å²) in [5, 5.41) is 113. The first-order valence-electron chi connectivity index (χ1n) is 14.7. The second-order valence-corrected chi connectivity index (χ2v) is 11.6. The Hall–Kier alpha value is -0.760. The van der Waals surface area contributed by atoms with Crippen molar-refractivity contribution in [1.82, 2.24) is 0 Å². The third-order valence-corrected chi connectivity index (χ3v) is 8.58. The van der Waals surface area contributed by atoms with E-state index in [1.807, 2.05) is 0 Å². The number of aliphatic hydroxyl groups excluding tert-OH is 11. The number of rotatable bonds is 11. The summed E-state index contributed by atoms with van der Waals surface area (Å²) in [5.74, 6) is 0. The quantitative estimate of drug-likeness (QED) is 0.0979. The summed E-state index contributed by atoms with van der Waals surface area (Å²) in [6.07, 6.45) is -26.7. The Morgan fingerprint density at radius 1 is 0.556 bits per heavy atom. The predicted molar refractivity (Wildman–Crippen MR) is 141 cm³/mol. The van der Waals surface area contributed by atoms with Crippen LogP contribution in [0.3, 0.4) is 0 Å². The first-order valence-corrected chi connectivity index (χ1v) is 14.7. The van der Waals surface area contributed by atoms with Gasteiger partial charge < -0.3 is 94.1 Å². The highest BCUT2D eigenvalue weighted by Gasteiger charge is 2.52. The lowest BCUT2D eigenvalue weighted by Gasteiger charge is -2.47. The monoisotopic (exact) mass is 662 g/mol. The van der Waals surface area contributed by atoms with Crippen LogP contribution in [-0.2, 0) is 37.9 Å². The zero-order chi connectivity index (χ0) is 33.2. The minimum Gasteiger partial charge on any atom is -0.394 e. The standard InChI is InChI=1S/C26H46O19/c1-8-14(30)10(3-9(40-8)7-39-24-19(35)18(34)15(31)11(4-27)42-24)41-25-21(37)23(17(33)13(6-29)43-25)45-26-20(36)22(38-2)16(32)12(5-28)44-26/h8-37H,3-7H2,1-2H3/t8-,9?,10-,11?,12?,13?,14?,15+,16+,17+,18-,19?,20?,21?,22-,23-,24+,25+,26-/m0/s1. The largest absolute Gasteiger partial charge is 0.394 e. The Kier molecular flexibility index (Phi) is 13.3. The smallest absolute Gasteiger partial charge is 0.187 e. The normalized spacial score (nSPS) is 51.3. The van der Waals surface area contributed by atoms with Gasteiger partial charge in [0.2, 0.25) is 0 Å². The molecule has 19 heteroatoms. The third kappa shape index (κ3) is 7.94. The lowest BCUT2D eigenvalue weighted by Crippen LogP contribution is -2.65. The summed E-state index contributed by atoms with van der Waals surface area (Å²) < 4.78 is 44.4. The minimum atomic E-state index is -1.78. The molecule has 45 heavy (non-hydrogen) atoms. The van der Waals surface area contributed by atoms with Crippen LogP contribution in [0.25, 0.3) is 0 Å². The number of methoxy groups -OCH3 is 1. The second-order valence-electron chi connectivity index (χ2n) is 11.6. The van der Waals surface area contributed by atoms with Gasteiger partial charge >= 0.3 is 0 Å². The van der Waals surface area contributed by atoms with Gasteiger partial charge in [0.25, 0.3) is 0 Å². The van der Waals surface area contributed by atoms with Crippen molar-refractivity contribution in [2.45, 2.75) is 130 Å². The maximum atomic E-state index is 11.1. The van der Waals surface area contributed by atoms with Crippen LogP contribution in [0.4, 0.5) is 0 Å². The Morgan fingerprint density at radius 3 is 1.64 bits per heavy atom. The summed E-state index contributed by atoms with van der Waals surface area (Å²) in [5.41, 5.74) is 0. The lowest BCUT2D eigenvalue weighted by molar-refractivity contribution is -0.370. The Morgan fingerprint density at radius 2 is 1.07 bits per heavy atom. The van der Waals surface area contributed by atoms with Crippen LogP contribution in [0.2, 0.25) is 0 Å². The molecule has 4 aliphatic heterocycles. The Labute approximate surface area is 257 Å². The molecular formula is C26H46O19. The maximum Gasteiger partial charge on any atom is 0.187 e. The zero-order valence-corrected chi connectivity index (χ0v) is 24.7. The molecule has 4 rings (SSSR count). The molecular weight excluding hydrogens is 616 g/mol. The topological polar surface area (TPSA) is 296 Å². The van der Waals surface area contributed by atoms with Crippen LogP contribution in [0.15, 0.2) is 0 Å². The second kappa shape index (κ2) is 16.1. The SMILES string of the molecule is CO[C@@H]1C(O)[C@H](O[C@@H]2C(O)[C@H](O[C@H]3CC(CO[C@@H]4OC(CO)[C@@H](O)[C@H](O)C4O)O[C@@H](C)C3O)OC(CO)[C@H]2O)OC(CO)[C@H]1O. The fraction of sp³-hybridized carbons (Fsp3) is 1.00. The van der Waals surface area contributed by atoms with E-state index >= 15 is 0 Å². The highest BCUT2D eigenvalue weighted by atomic mass is 16.7. The summed E-state index contributed by atoms with van der Waals surface area (Å²) >= 11 is 0. The van der Waals surface area contributed by atoms with Gasteiger partial charge in [0, 0.05) is 13.5 Å². The van der Waals surface area contributed by atoms with Gasteiger partial charge in [-0.05, 0) is 6.92 Å². The molecule has 0 aromatic heterocycles. The van der Waals surface area contributed by atoms with Crippen molar-refractivity contribution in [2.24, 2.45) is 0 Å². The average Bonchev–Trinajstić information content (AvgIpc) is 3.02. The molecule has 4 heterocycles. The fourth-order valence-corrected chi connectivity index (χ4v) is 5.89. The van der Waals surface area contributed by atoms with Crippen molar-refractivity contribution in [1.29, 1.82) is 0 Å². The maximum absolute atomic E-state index is 11.1.